The van der Waals surface area contributed by atoms with Gasteiger partial charge in [0.15, 0.2) is 11.5 Å². The number of benzene rings is 2. The molecule has 2 aliphatic rings. The number of amides is 1. The fourth-order valence-electron chi connectivity index (χ4n) is 5.12. The number of carbonyl (C=O) groups excluding carboxylic acids is 1. The molecule has 0 radical (unpaired) electrons. The zero-order chi connectivity index (χ0) is 22.3. The first-order chi connectivity index (χ1) is 15.7. The van der Waals surface area contributed by atoms with Crippen molar-refractivity contribution in [2.24, 2.45) is 5.92 Å². The number of methoxy groups -OCH3 is 2. The van der Waals surface area contributed by atoms with Crippen molar-refractivity contribution in [1.82, 2.24) is 10.2 Å². The summed E-state index contributed by atoms with van der Waals surface area (Å²) in [7, 11) is 3.35. The van der Waals surface area contributed by atoms with Gasteiger partial charge in [-0.3, -0.25) is 4.79 Å². The molecule has 4 rings (SSSR count). The molecule has 2 aromatic rings. The van der Waals surface area contributed by atoms with Crippen LogP contribution < -0.4 is 14.8 Å². The topological polar surface area (TPSA) is 60.0 Å². The van der Waals surface area contributed by atoms with Gasteiger partial charge in [-0.15, -0.1) is 0 Å². The number of hydrogen-bond donors (Lipinski definition) is 1. The summed E-state index contributed by atoms with van der Waals surface area (Å²) in [6.45, 7) is 3.74. The van der Waals surface area contributed by atoms with Gasteiger partial charge in [0.25, 0.3) is 0 Å². The minimum absolute atomic E-state index is 0.109. The molecule has 1 fully saturated rings. The quantitative estimate of drug-likeness (QED) is 0.608. The lowest BCUT2D eigenvalue weighted by atomic mass is 9.83. The Balaban J connectivity index is 1.42. The van der Waals surface area contributed by atoms with E-state index in [4.69, 9.17) is 14.2 Å². The van der Waals surface area contributed by atoms with Crippen molar-refractivity contribution in [3.8, 4) is 11.5 Å². The van der Waals surface area contributed by atoms with Crippen molar-refractivity contribution >= 4 is 6.41 Å². The Hall–Kier alpha value is -2.57. The molecule has 2 aromatic carbocycles. The number of rotatable bonds is 9. The second kappa shape index (κ2) is 10.8. The number of carbonyl (C=O) groups is 1. The summed E-state index contributed by atoms with van der Waals surface area (Å²) in [5.74, 6) is 2.02. The van der Waals surface area contributed by atoms with E-state index >= 15 is 0 Å². The van der Waals surface area contributed by atoms with Crippen molar-refractivity contribution < 1.29 is 19.0 Å². The molecule has 2 heterocycles. The van der Waals surface area contributed by atoms with E-state index in [-0.39, 0.29) is 12.2 Å². The molecule has 2 aliphatic heterocycles. The Morgan fingerprint density at radius 3 is 2.56 bits per heavy atom. The van der Waals surface area contributed by atoms with Gasteiger partial charge in [0.1, 0.15) is 6.10 Å². The van der Waals surface area contributed by atoms with Crippen LogP contribution in [0.4, 0.5) is 0 Å². The van der Waals surface area contributed by atoms with Crippen LogP contribution in [0.3, 0.4) is 0 Å². The fourth-order valence-corrected chi connectivity index (χ4v) is 5.12. The molecular formula is C26H34N2O4. The van der Waals surface area contributed by atoms with E-state index in [9.17, 15) is 4.79 Å². The van der Waals surface area contributed by atoms with E-state index in [1.165, 1.54) is 5.56 Å². The van der Waals surface area contributed by atoms with Crippen molar-refractivity contribution in [3.05, 3.63) is 59.2 Å². The van der Waals surface area contributed by atoms with Crippen LogP contribution >= 0.6 is 0 Å². The molecule has 172 valence electrons. The van der Waals surface area contributed by atoms with Gasteiger partial charge in [-0.05, 0) is 55.5 Å². The SMILES string of the molecule is COc1ccc2c(c1OC)CC(C1CCN(CCc3ccccc3)CC1)OC2CNC=O. The van der Waals surface area contributed by atoms with E-state index in [0.717, 1.165) is 74.4 Å². The highest BCUT2D eigenvalue weighted by Crippen LogP contribution is 2.43. The first kappa shape index (κ1) is 22.6. The molecule has 0 bridgehead atoms. The first-order valence-corrected chi connectivity index (χ1v) is 11.6. The number of ether oxygens (including phenoxy) is 3. The van der Waals surface area contributed by atoms with Crippen LogP contribution in [0.15, 0.2) is 42.5 Å². The Bertz CT molecular complexity index is 881. The van der Waals surface area contributed by atoms with Crippen LogP contribution in [0, 0.1) is 5.92 Å². The minimum Gasteiger partial charge on any atom is -0.493 e. The maximum Gasteiger partial charge on any atom is 0.207 e. The molecule has 1 N–H and O–H groups in total. The lowest BCUT2D eigenvalue weighted by Gasteiger charge is -2.41. The maximum absolute atomic E-state index is 10.9. The van der Waals surface area contributed by atoms with Crippen molar-refractivity contribution in [2.45, 2.75) is 37.9 Å². The zero-order valence-electron chi connectivity index (χ0n) is 19.1. The molecule has 6 nitrogen and oxygen atoms in total. The number of likely N-dealkylation sites (tertiary alicyclic amines) is 1. The molecule has 32 heavy (non-hydrogen) atoms. The molecule has 2 atom stereocenters. The summed E-state index contributed by atoms with van der Waals surface area (Å²) >= 11 is 0. The number of nitrogens with zero attached hydrogens (tertiary/aromatic N) is 1. The van der Waals surface area contributed by atoms with E-state index in [1.54, 1.807) is 14.2 Å². The number of fused-ring (bicyclic) bond motifs is 1. The normalized spacial score (nSPS) is 21.6. The van der Waals surface area contributed by atoms with Gasteiger partial charge >= 0.3 is 0 Å². The molecule has 0 aliphatic carbocycles. The van der Waals surface area contributed by atoms with Crippen molar-refractivity contribution in [1.29, 1.82) is 0 Å². The van der Waals surface area contributed by atoms with Gasteiger partial charge in [0.05, 0.1) is 20.3 Å². The van der Waals surface area contributed by atoms with Crippen LogP contribution in [-0.4, -0.2) is 57.8 Å². The second-order valence-electron chi connectivity index (χ2n) is 8.68. The van der Waals surface area contributed by atoms with Crippen LogP contribution in [0.2, 0.25) is 0 Å². The molecule has 0 aromatic heterocycles. The molecule has 2 unspecified atom stereocenters. The third-order valence-corrected chi connectivity index (χ3v) is 6.88. The fraction of sp³-hybridized carbons (Fsp3) is 0.500. The molecular weight excluding hydrogens is 404 g/mol. The second-order valence-corrected chi connectivity index (χ2v) is 8.68. The summed E-state index contributed by atoms with van der Waals surface area (Å²) in [4.78, 5) is 13.5. The largest absolute Gasteiger partial charge is 0.493 e. The van der Waals surface area contributed by atoms with E-state index in [2.05, 4.69) is 40.5 Å². The number of piperidine rings is 1. The standard InChI is InChI=1S/C26H34N2O4/c1-30-23-9-8-21-22(26(23)31-2)16-24(32-25(21)17-27-18-29)20-11-14-28(15-12-20)13-10-19-6-4-3-5-7-19/h3-9,18,20,24-25H,10-17H2,1-2H3,(H,27,29). The van der Waals surface area contributed by atoms with Crippen molar-refractivity contribution in [2.75, 3.05) is 40.4 Å². The highest BCUT2D eigenvalue weighted by molar-refractivity contribution is 5.53. The molecule has 6 heteroatoms. The molecule has 0 spiro atoms. The predicted molar refractivity (Wildman–Crippen MR) is 124 cm³/mol. The summed E-state index contributed by atoms with van der Waals surface area (Å²) in [5, 5.41) is 2.80. The molecule has 0 saturated carbocycles. The van der Waals surface area contributed by atoms with Gasteiger partial charge < -0.3 is 24.4 Å². The monoisotopic (exact) mass is 438 g/mol. The van der Waals surface area contributed by atoms with Crippen LogP contribution in [-0.2, 0) is 22.4 Å². The van der Waals surface area contributed by atoms with E-state index < -0.39 is 0 Å². The lowest BCUT2D eigenvalue weighted by molar-refractivity contribution is -0.111. The predicted octanol–water partition coefficient (Wildman–Crippen LogP) is 3.39. The summed E-state index contributed by atoms with van der Waals surface area (Å²) in [6, 6.07) is 14.7. The molecule has 1 saturated heterocycles. The summed E-state index contributed by atoms with van der Waals surface area (Å²) in [5.41, 5.74) is 3.62. The third-order valence-electron chi connectivity index (χ3n) is 6.88. The highest BCUT2D eigenvalue weighted by atomic mass is 16.5. The van der Waals surface area contributed by atoms with Gasteiger partial charge in [-0.25, -0.2) is 0 Å². The summed E-state index contributed by atoms with van der Waals surface area (Å²) < 4.78 is 17.8. The average molecular weight is 439 g/mol. The maximum atomic E-state index is 10.9. The third kappa shape index (κ3) is 5.08. The van der Waals surface area contributed by atoms with Gasteiger partial charge in [-0.1, -0.05) is 36.4 Å². The zero-order valence-corrected chi connectivity index (χ0v) is 19.1. The number of hydrogen-bond acceptors (Lipinski definition) is 5. The van der Waals surface area contributed by atoms with Gasteiger partial charge in [0, 0.05) is 25.1 Å². The molecule has 1 amide bonds. The minimum atomic E-state index is -0.176. The van der Waals surface area contributed by atoms with E-state index in [1.807, 2.05) is 12.1 Å². The van der Waals surface area contributed by atoms with Crippen molar-refractivity contribution in [3.63, 3.8) is 0 Å². The smallest absolute Gasteiger partial charge is 0.207 e. The summed E-state index contributed by atoms with van der Waals surface area (Å²) in [6.07, 6.45) is 4.81. The Labute approximate surface area is 190 Å². The van der Waals surface area contributed by atoms with Gasteiger partial charge in [0.2, 0.25) is 6.41 Å². The Morgan fingerprint density at radius 2 is 1.88 bits per heavy atom. The van der Waals surface area contributed by atoms with Gasteiger partial charge in [-0.2, -0.15) is 0 Å². The Kier molecular flexibility index (Phi) is 7.66. The lowest BCUT2D eigenvalue weighted by Crippen LogP contribution is -2.43. The van der Waals surface area contributed by atoms with E-state index in [0.29, 0.717) is 12.5 Å². The number of nitrogens with one attached hydrogen (secondary N) is 1. The van der Waals surface area contributed by atoms with Crippen LogP contribution in [0.5, 0.6) is 11.5 Å². The van der Waals surface area contributed by atoms with Crippen LogP contribution in [0.25, 0.3) is 0 Å². The average Bonchev–Trinajstić information content (AvgIpc) is 2.86. The van der Waals surface area contributed by atoms with Crippen LogP contribution in [0.1, 0.15) is 35.6 Å². The highest BCUT2D eigenvalue weighted by Gasteiger charge is 2.36. The Morgan fingerprint density at radius 1 is 1.09 bits per heavy atom. The first-order valence-electron chi connectivity index (χ1n) is 11.6.